The van der Waals surface area contributed by atoms with Gasteiger partial charge < -0.3 is 10.6 Å². The van der Waals surface area contributed by atoms with Crippen molar-refractivity contribution in [3.05, 3.63) is 60.3 Å². The number of benzene rings is 1. The Morgan fingerprint density at radius 3 is 2.80 bits per heavy atom. The molecule has 1 aromatic heterocycles. The van der Waals surface area contributed by atoms with Crippen LogP contribution in [0.1, 0.15) is 18.9 Å². The minimum Gasteiger partial charge on any atom is -0.370 e. The molecule has 1 saturated heterocycles. The van der Waals surface area contributed by atoms with E-state index in [-0.39, 0.29) is 11.9 Å². The second-order valence-electron chi connectivity index (χ2n) is 6.62. The van der Waals surface area contributed by atoms with E-state index in [1.165, 1.54) is 0 Å². The van der Waals surface area contributed by atoms with E-state index < -0.39 is 0 Å². The molecule has 1 aliphatic heterocycles. The molecule has 2 N–H and O–H groups in total. The fraction of sp³-hybridized carbons (Fsp3) is 0.400. The Morgan fingerprint density at radius 2 is 2.04 bits per heavy atom. The van der Waals surface area contributed by atoms with Gasteiger partial charge in [0.2, 0.25) is 5.91 Å². The lowest BCUT2D eigenvalue weighted by molar-refractivity contribution is -0.125. The van der Waals surface area contributed by atoms with E-state index in [0.717, 1.165) is 37.4 Å². The molecule has 1 aromatic carbocycles. The first-order valence-corrected chi connectivity index (χ1v) is 8.93. The number of pyridine rings is 1. The van der Waals surface area contributed by atoms with Crippen LogP contribution in [0.15, 0.2) is 54.7 Å². The summed E-state index contributed by atoms with van der Waals surface area (Å²) in [7, 11) is 0. The molecule has 0 aliphatic carbocycles. The molecular weight excluding hydrogens is 312 g/mol. The van der Waals surface area contributed by atoms with Gasteiger partial charge in [0.15, 0.2) is 0 Å². The topological polar surface area (TPSA) is 57.3 Å². The molecule has 0 saturated carbocycles. The van der Waals surface area contributed by atoms with Gasteiger partial charge in [0.1, 0.15) is 5.82 Å². The number of nitrogens with one attached hydrogen (secondary N) is 2. The van der Waals surface area contributed by atoms with E-state index in [1.54, 1.807) is 6.20 Å². The number of anilines is 1. The van der Waals surface area contributed by atoms with E-state index in [0.29, 0.717) is 12.5 Å². The van der Waals surface area contributed by atoms with Crippen LogP contribution >= 0.6 is 0 Å². The first-order chi connectivity index (χ1) is 12.2. The fourth-order valence-electron chi connectivity index (χ4n) is 3.20. The molecular formula is C20H26N4O. The number of aromatic nitrogens is 1. The molecule has 0 spiro atoms. The molecule has 3 rings (SSSR count). The second kappa shape index (κ2) is 8.62. The van der Waals surface area contributed by atoms with Crippen LogP contribution in [0.4, 0.5) is 5.82 Å². The van der Waals surface area contributed by atoms with Crippen LogP contribution in [0.3, 0.4) is 0 Å². The van der Waals surface area contributed by atoms with Crippen molar-refractivity contribution in [1.29, 1.82) is 0 Å². The Labute approximate surface area is 149 Å². The van der Waals surface area contributed by atoms with Crippen LogP contribution in [0, 0.1) is 5.92 Å². The van der Waals surface area contributed by atoms with Crippen molar-refractivity contribution in [2.45, 2.75) is 25.9 Å². The SMILES string of the molecule is C[C@@H](C(=O)NCc1ccccc1)N1CC[C@H](CNc2ccccn2)C1. The quantitative estimate of drug-likeness (QED) is 0.814. The van der Waals surface area contributed by atoms with Crippen molar-refractivity contribution in [3.63, 3.8) is 0 Å². The first-order valence-electron chi connectivity index (χ1n) is 8.93. The van der Waals surface area contributed by atoms with Crippen LogP contribution < -0.4 is 10.6 Å². The number of nitrogens with zero attached hydrogens (tertiary/aromatic N) is 2. The molecule has 25 heavy (non-hydrogen) atoms. The van der Waals surface area contributed by atoms with Gasteiger partial charge in [0.05, 0.1) is 6.04 Å². The summed E-state index contributed by atoms with van der Waals surface area (Å²) in [5.41, 5.74) is 1.13. The Hall–Kier alpha value is -2.40. The fourth-order valence-corrected chi connectivity index (χ4v) is 3.20. The van der Waals surface area contributed by atoms with Crippen molar-refractivity contribution < 1.29 is 4.79 Å². The van der Waals surface area contributed by atoms with Gasteiger partial charge in [0.25, 0.3) is 0 Å². The predicted molar refractivity (Wildman–Crippen MR) is 100 cm³/mol. The highest BCUT2D eigenvalue weighted by Gasteiger charge is 2.29. The molecule has 5 nitrogen and oxygen atoms in total. The lowest BCUT2D eigenvalue weighted by atomic mass is 10.1. The zero-order valence-corrected chi connectivity index (χ0v) is 14.7. The standard InChI is InChI=1S/C20H26N4O/c1-16(20(25)23-13-17-7-3-2-4-8-17)24-12-10-18(15-24)14-22-19-9-5-6-11-21-19/h2-9,11,16,18H,10,12-15H2,1H3,(H,21,22)(H,23,25)/t16-,18+/m0/s1. The third-order valence-electron chi connectivity index (χ3n) is 4.79. The maximum absolute atomic E-state index is 12.4. The van der Waals surface area contributed by atoms with Gasteiger partial charge in [-0.2, -0.15) is 0 Å². The number of carbonyl (C=O) groups is 1. The van der Waals surface area contributed by atoms with Crippen molar-refractivity contribution in [1.82, 2.24) is 15.2 Å². The molecule has 2 heterocycles. The van der Waals surface area contributed by atoms with E-state index in [2.05, 4.69) is 20.5 Å². The van der Waals surface area contributed by atoms with E-state index in [1.807, 2.05) is 55.5 Å². The zero-order chi connectivity index (χ0) is 17.5. The zero-order valence-electron chi connectivity index (χ0n) is 14.7. The largest absolute Gasteiger partial charge is 0.370 e. The third kappa shape index (κ3) is 5.03. The van der Waals surface area contributed by atoms with Crippen molar-refractivity contribution in [3.8, 4) is 0 Å². The number of carbonyl (C=O) groups excluding carboxylic acids is 1. The molecule has 1 fully saturated rings. The minimum absolute atomic E-state index is 0.0939. The normalized spacial score (nSPS) is 18.7. The summed E-state index contributed by atoms with van der Waals surface area (Å²) < 4.78 is 0. The summed E-state index contributed by atoms with van der Waals surface area (Å²) in [4.78, 5) is 19.0. The molecule has 2 atom stereocenters. The average molecular weight is 338 g/mol. The number of rotatable bonds is 7. The molecule has 5 heteroatoms. The minimum atomic E-state index is -0.0939. The smallest absolute Gasteiger partial charge is 0.237 e. The Kier molecular flexibility index (Phi) is 6.01. The van der Waals surface area contributed by atoms with Crippen LogP contribution in [0.25, 0.3) is 0 Å². The van der Waals surface area contributed by atoms with Crippen LogP contribution in [-0.4, -0.2) is 41.5 Å². The molecule has 2 aromatic rings. The van der Waals surface area contributed by atoms with Gasteiger partial charge in [-0.15, -0.1) is 0 Å². The summed E-state index contributed by atoms with van der Waals surface area (Å²) in [6.07, 6.45) is 2.90. The molecule has 1 aliphatic rings. The lowest BCUT2D eigenvalue weighted by Gasteiger charge is -2.23. The molecule has 1 amide bonds. The first kappa shape index (κ1) is 17.4. The van der Waals surface area contributed by atoms with Crippen LogP contribution in [0.2, 0.25) is 0 Å². The number of hydrogen-bond donors (Lipinski definition) is 2. The van der Waals surface area contributed by atoms with Crippen molar-refractivity contribution in [2.75, 3.05) is 25.0 Å². The van der Waals surface area contributed by atoms with Crippen molar-refractivity contribution >= 4 is 11.7 Å². The van der Waals surface area contributed by atoms with E-state index >= 15 is 0 Å². The Morgan fingerprint density at radius 1 is 1.24 bits per heavy atom. The number of likely N-dealkylation sites (tertiary alicyclic amines) is 1. The molecule has 0 unspecified atom stereocenters. The molecule has 132 valence electrons. The summed E-state index contributed by atoms with van der Waals surface area (Å²) in [5.74, 6) is 1.56. The van der Waals surface area contributed by atoms with E-state index in [9.17, 15) is 4.79 Å². The average Bonchev–Trinajstić information content (AvgIpc) is 3.14. The highest BCUT2D eigenvalue weighted by atomic mass is 16.2. The maximum atomic E-state index is 12.4. The van der Waals surface area contributed by atoms with Gasteiger partial charge in [-0.1, -0.05) is 36.4 Å². The maximum Gasteiger partial charge on any atom is 0.237 e. The highest BCUT2D eigenvalue weighted by Crippen LogP contribution is 2.19. The lowest BCUT2D eigenvalue weighted by Crippen LogP contribution is -2.44. The van der Waals surface area contributed by atoms with Gasteiger partial charge in [0, 0.05) is 25.8 Å². The number of amides is 1. The van der Waals surface area contributed by atoms with Crippen molar-refractivity contribution in [2.24, 2.45) is 5.92 Å². The van der Waals surface area contributed by atoms with Gasteiger partial charge >= 0.3 is 0 Å². The second-order valence-corrected chi connectivity index (χ2v) is 6.62. The summed E-state index contributed by atoms with van der Waals surface area (Å²) in [6.45, 7) is 5.39. The van der Waals surface area contributed by atoms with Gasteiger partial charge in [-0.3, -0.25) is 9.69 Å². The van der Waals surface area contributed by atoms with E-state index in [4.69, 9.17) is 0 Å². The number of hydrogen-bond acceptors (Lipinski definition) is 4. The van der Waals surface area contributed by atoms with Gasteiger partial charge in [-0.05, 0) is 43.5 Å². The molecule has 0 radical (unpaired) electrons. The van der Waals surface area contributed by atoms with Crippen LogP contribution in [-0.2, 0) is 11.3 Å². The highest BCUT2D eigenvalue weighted by molar-refractivity contribution is 5.81. The summed E-state index contributed by atoms with van der Waals surface area (Å²) >= 11 is 0. The van der Waals surface area contributed by atoms with Crippen LogP contribution in [0.5, 0.6) is 0 Å². The monoisotopic (exact) mass is 338 g/mol. The Balaban J connectivity index is 1.42. The predicted octanol–water partition coefficient (Wildman–Crippen LogP) is 2.52. The molecule has 0 bridgehead atoms. The third-order valence-corrected chi connectivity index (χ3v) is 4.79. The summed E-state index contributed by atoms with van der Waals surface area (Å²) in [5, 5.41) is 6.43. The Bertz CT molecular complexity index is 662. The van der Waals surface area contributed by atoms with Gasteiger partial charge in [-0.25, -0.2) is 4.98 Å². The summed E-state index contributed by atoms with van der Waals surface area (Å²) in [6, 6.07) is 15.8.